The van der Waals surface area contributed by atoms with Gasteiger partial charge in [0.1, 0.15) is 5.75 Å². The van der Waals surface area contributed by atoms with Crippen LogP contribution in [0.4, 0.5) is 0 Å². The standard InChI is InChI=1S/C21H14O2S/c22-16-12-10-15(11-13-16)21-19(17-8-4-5-9-18(17)24-21)20(23)14-6-2-1-3-7-14/h1-13,22H. The van der Waals surface area contributed by atoms with Crippen LogP contribution in [0.1, 0.15) is 15.9 Å². The third kappa shape index (κ3) is 2.49. The fourth-order valence-electron chi connectivity index (χ4n) is 2.82. The summed E-state index contributed by atoms with van der Waals surface area (Å²) in [5.41, 5.74) is 2.35. The zero-order chi connectivity index (χ0) is 16.5. The molecule has 1 N–H and O–H groups in total. The summed E-state index contributed by atoms with van der Waals surface area (Å²) < 4.78 is 1.08. The van der Waals surface area contributed by atoms with Gasteiger partial charge in [-0.15, -0.1) is 11.3 Å². The van der Waals surface area contributed by atoms with Crippen LogP contribution in [0, 0.1) is 0 Å². The van der Waals surface area contributed by atoms with Crippen molar-refractivity contribution in [1.82, 2.24) is 0 Å². The van der Waals surface area contributed by atoms with Gasteiger partial charge in [0, 0.05) is 26.1 Å². The van der Waals surface area contributed by atoms with E-state index in [4.69, 9.17) is 0 Å². The van der Waals surface area contributed by atoms with Crippen LogP contribution in [-0.2, 0) is 0 Å². The molecule has 3 heteroatoms. The van der Waals surface area contributed by atoms with E-state index in [0.717, 1.165) is 26.1 Å². The second-order valence-electron chi connectivity index (χ2n) is 5.54. The van der Waals surface area contributed by atoms with Gasteiger partial charge in [-0.3, -0.25) is 4.79 Å². The zero-order valence-electron chi connectivity index (χ0n) is 12.8. The van der Waals surface area contributed by atoms with Crippen LogP contribution in [0.2, 0.25) is 0 Å². The predicted octanol–water partition coefficient (Wildman–Crippen LogP) is 5.50. The summed E-state index contributed by atoms with van der Waals surface area (Å²) in [4.78, 5) is 14.1. The minimum absolute atomic E-state index is 0.0242. The lowest BCUT2D eigenvalue weighted by Crippen LogP contribution is -2.01. The van der Waals surface area contributed by atoms with Gasteiger partial charge in [0.25, 0.3) is 0 Å². The Kier molecular flexibility index (Phi) is 3.63. The summed E-state index contributed by atoms with van der Waals surface area (Å²) in [6.45, 7) is 0. The maximum atomic E-state index is 13.1. The monoisotopic (exact) mass is 330 g/mol. The SMILES string of the molecule is O=C(c1ccccc1)c1c(-c2ccc(O)cc2)sc2ccccc12. The molecule has 0 saturated carbocycles. The van der Waals surface area contributed by atoms with E-state index >= 15 is 0 Å². The topological polar surface area (TPSA) is 37.3 Å². The largest absolute Gasteiger partial charge is 0.508 e. The van der Waals surface area contributed by atoms with E-state index in [0.29, 0.717) is 5.56 Å². The Hall–Kier alpha value is -2.91. The number of fused-ring (bicyclic) bond motifs is 1. The zero-order valence-corrected chi connectivity index (χ0v) is 13.6. The Morgan fingerprint density at radius 2 is 1.46 bits per heavy atom. The van der Waals surface area contributed by atoms with E-state index in [1.807, 2.05) is 66.7 Å². The first kappa shape index (κ1) is 14.7. The average Bonchev–Trinajstić information content (AvgIpc) is 3.02. The molecule has 0 aliphatic rings. The van der Waals surface area contributed by atoms with Crippen molar-refractivity contribution < 1.29 is 9.90 Å². The van der Waals surface area contributed by atoms with Crippen LogP contribution in [0.3, 0.4) is 0 Å². The van der Waals surface area contributed by atoms with E-state index in [9.17, 15) is 9.90 Å². The van der Waals surface area contributed by atoms with Crippen molar-refractivity contribution in [3.63, 3.8) is 0 Å². The van der Waals surface area contributed by atoms with Crippen molar-refractivity contribution in [1.29, 1.82) is 0 Å². The molecule has 116 valence electrons. The van der Waals surface area contributed by atoms with Crippen LogP contribution in [-0.4, -0.2) is 10.9 Å². The normalized spacial score (nSPS) is 10.8. The summed E-state index contributed by atoms with van der Waals surface area (Å²) >= 11 is 1.60. The highest BCUT2D eigenvalue weighted by molar-refractivity contribution is 7.22. The van der Waals surface area contributed by atoms with Crippen LogP contribution in [0.25, 0.3) is 20.5 Å². The molecule has 4 rings (SSSR count). The first-order chi connectivity index (χ1) is 11.7. The summed E-state index contributed by atoms with van der Waals surface area (Å²) in [6.07, 6.45) is 0. The number of rotatable bonds is 3. The first-order valence-corrected chi connectivity index (χ1v) is 8.46. The lowest BCUT2D eigenvalue weighted by atomic mass is 9.98. The molecule has 0 aliphatic carbocycles. The molecule has 24 heavy (non-hydrogen) atoms. The number of phenols is 1. The Balaban J connectivity index is 1.97. The van der Waals surface area contributed by atoms with E-state index in [1.165, 1.54) is 0 Å². The second-order valence-corrected chi connectivity index (χ2v) is 6.60. The quantitative estimate of drug-likeness (QED) is 0.503. The number of carbonyl (C=O) groups is 1. The highest BCUT2D eigenvalue weighted by Crippen LogP contribution is 2.40. The Bertz CT molecular complexity index is 1010. The molecule has 1 heterocycles. The van der Waals surface area contributed by atoms with Gasteiger partial charge < -0.3 is 5.11 Å². The molecule has 0 spiro atoms. The van der Waals surface area contributed by atoms with E-state index < -0.39 is 0 Å². The Labute approximate surface area is 143 Å². The van der Waals surface area contributed by atoms with Gasteiger partial charge in [-0.05, 0) is 35.9 Å². The Morgan fingerprint density at radius 3 is 2.21 bits per heavy atom. The molecule has 0 atom stereocenters. The van der Waals surface area contributed by atoms with Crippen molar-refractivity contribution in [3.8, 4) is 16.2 Å². The fraction of sp³-hybridized carbons (Fsp3) is 0. The van der Waals surface area contributed by atoms with E-state index in [1.54, 1.807) is 23.5 Å². The van der Waals surface area contributed by atoms with Gasteiger partial charge in [0.15, 0.2) is 5.78 Å². The van der Waals surface area contributed by atoms with Crippen LogP contribution >= 0.6 is 11.3 Å². The highest BCUT2D eigenvalue weighted by atomic mass is 32.1. The van der Waals surface area contributed by atoms with Crippen molar-refractivity contribution in [2.24, 2.45) is 0 Å². The maximum Gasteiger partial charge on any atom is 0.195 e. The fourth-order valence-corrected chi connectivity index (χ4v) is 4.03. The molecule has 0 amide bonds. The number of carbonyl (C=O) groups excluding carboxylic acids is 1. The number of thiophene rings is 1. The summed E-state index contributed by atoms with van der Waals surface area (Å²) in [7, 11) is 0. The lowest BCUT2D eigenvalue weighted by Gasteiger charge is -2.05. The van der Waals surface area contributed by atoms with E-state index in [2.05, 4.69) is 0 Å². The second kappa shape index (κ2) is 5.95. The smallest absolute Gasteiger partial charge is 0.195 e. The highest BCUT2D eigenvalue weighted by Gasteiger charge is 2.21. The van der Waals surface area contributed by atoms with Gasteiger partial charge in [-0.2, -0.15) is 0 Å². The minimum atomic E-state index is 0.0242. The molecular formula is C21H14O2S. The molecule has 0 radical (unpaired) electrons. The van der Waals surface area contributed by atoms with Crippen LogP contribution in [0.15, 0.2) is 78.9 Å². The average molecular weight is 330 g/mol. The van der Waals surface area contributed by atoms with Crippen LogP contribution < -0.4 is 0 Å². The van der Waals surface area contributed by atoms with Gasteiger partial charge in [0.05, 0.1) is 0 Å². The molecule has 2 nitrogen and oxygen atoms in total. The molecule has 0 aliphatic heterocycles. The summed E-state index contributed by atoms with van der Waals surface area (Å²) in [5.74, 6) is 0.243. The van der Waals surface area contributed by atoms with Crippen LogP contribution in [0.5, 0.6) is 5.75 Å². The molecule has 0 saturated heterocycles. The minimum Gasteiger partial charge on any atom is -0.508 e. The number of benzene rings is 3. The third-order valence-corrected chi connectivity index (χ3v) is 5.21. The van der Waals surface area contributed by atoms with Gasteiger partial charge >= 0.3 is 0 Å². The lowest BCUT2D eigenvalue weighted by molar-refractivity contribution is 0.104. The van der Waals surface area contributed by atoms with Gasteiger partial charge in [-0.1, -0.05) is 48.5 Å². The third-order valence-electron chi connectivity index (χ3n) is 3.99. The molecule has 3 aromatic carbocycles. The molecule has 4 aromatic rings. The predicted molar refractivity (Wildman–Crippen MR) is 98.8 cm³/mol. The molecule has 0 bridgehead atoms. The molecule has 0 unspecified atom stereocenters. The summed E-state index contributed by atoms with van der Waals surface area (Å²) in [5, 5.41) is 10.5. The number of ketones is 1. The maximum absolute atomic E-state index is 13.1. The number of hydrogen-bond acceptors (Lipinski definition) is 3. The van der Waals surface area contributed by atoms with Crippen molar-refractivity contribution in [2.75, 3.05) is 0 Å². The number of phenolic OH excluding ortho intramolecular Hbond substituents is 1. The number of aromatic hydroxyl groups is 1. The van der Waals surface area contributed by atoms with Crippen molar-refractivity contribution >= 4 is 27.2 Å². The summed E-state index contributed by atoms with van der Waals surface area (Å²) in [6, 6.07) is 24.3. The van der Waals surface area contributed by atoms with Gasteiger partial charge in [-0.25, -0.2) is 0 Å². The van der Waals surface area contributed by atoms with Crippen molar-refractivity contribution in [3.05, 3.63) is 90.0 Å². The van der Waals surface area contributed by atoms with Gasteiger partial charge in [0.2, 0.25) is 0 Å². The van der Waals surface area contributed by atoms with Crippen molar-refractivity contribution in [2.45, 2.75) is 0 Å². The number of hydrogen-bond donors (Lipinski definition) is 1. The molecule has 1 aromatic heterocycles. The molecular weight excluding hydrogens is 316 g/mol. The first-order valence-electron chi connectivity index (χ1n) is 7.65. The van der Waals surface area contributed by atoms with E-state index in [-0.39, 0.29) is 11.5 Å². The molecule has 0 fully saturated rings. The Morgan fingerprint density at radius 1 is 0.792 bits per heavy atom.